The first-order valence-electron chi connectivity index (χ1n) is 13.0. The average Bonchev–Trinajstić information content (AvgIpc) is 3.24. The van der Waals surface area contributed by atoms with Gasteiger partial charge in [0.1, 0.15) is 5.82 Å². The van der Waals surface area contributed by atoms with Gasteiger partial charge >= 0.3 is 0 Å². The Morgan fingerprint density at radius 3 is 2.40 bits per heavy atom. The maximum absolute atomic E-state index is 13.6. The van der Waals surface area contributed by atoms with Gasteiger partial charge in [0.25, 0.3) is 12.3 Å². The number of benzene rings is 3. The van der Waals surface area contributed by atoms with Gasteiger partial charge in [-0.25, -0.2) is 18.2 Å². The standard InChI is InChI=1S/C29H28Cl3F3N6O2/c1-29(2,3)27(43)37-12-14-5-7-17(30)25(24(14)32)40-28-39-21-10-16(20(36-13-23(34)35)11-22(21)41(28)4)26(42)38-15-6-8-19(33)18(31)9-15/h5-11,23,36H,12-13H2,1-4H3,(H,37,43)(H,38,42)(H,39,40). The van der Waals surface area contributed by atoms with E-state index in [4.69, 9.17) is 34.8 Å². The molecule has 2 amide bonds. The molecule has 0 aliphatic rings. The SMILES string of the molecule is Cn1c(Nc2c(Cl)ccc(CNC(=O)C(C)(C)C)c2Cl)nc2cc(C(=O)Nc3ccc(F)c(Cl)c3)c(NCC(F)F)cc21. The summed E-state index contributed by atoms with van der Waals surface area (Å²) in [5.74, 6) is -1.17. The van der Waals surface area contributed by atoms with Crippen molar-refractivity contribution in [1.82, 2.24) is 14.9 Å². The fourth-order valence-corrected chi connectivity index (χ4v) is 4.76. The molecule has 0 aliphatic carbocycles. The van der Waals surface area contributed by atoms with E-state index in [1.165, 1.54) is 24.3 Å². The lowest BCUT2D eigenvalue weighted by Gasteiger charge is -2.19. The molecule has 0 saturated carbocycles. The number of rotatable bonds is 9. The third-order valence-electron chi connectivity index (χ3n) is 6.42. The van der Waals surface area contributed by atoms with Crippen LogP contribution in [0.5, 0.6) is 0 Å². The molecule has 228 valence electrons. The third kappa shape index (κ3) is 7.46. The van der Waals surface area contributed by atoms with Crippen molar-refractivity contribution < 1.29 is 22.8 Å². The van der Waals surface area contributed by atoms with Crippen molar-refractivity contribution in [2.75, 3.05) is 22.5 Å². The molecular formula is C29H28Cl3F3N6O2. The quantitative estimate of drug-likeness (QED) is 0.146. The van der Waals surface area contributed by atoms with E-state index in [1.54, 1.807) is 44.5 Å². The van der Waals surface area contributed by atoms with Crippen molar-refractivity contribution in [3.8, 4) is 0 Å². The number of nitrogens with zero attached hydrogens (tertiary/aromatic N) is 2. The van der Waals surface area contributed by atoms with E-state index in [9.17, 15) is 22.8 Å². The number of carbonyl (C=O) groups excluding carboxylic acids is 2. The summed E-state index contributed by atoms with van der Waals surface area (Å²) < 4.78 is 41.4. The molecule has 0 unspecified atom stereocenters. The van der Waals surface area contributed by atoms with Gasteiger partial charge in [-0.15, -0.1) is 0 Å². The maximum Gasteiger partial charge on any atom is 0.257 e. The Balaban J connectivity index is 1.69. The normalized spacial score (nSPS) is 11.6. The van der Waals surface area contributed by atoms with E-state index >= 15 is 0 Å². The fourth-order valence-electron chi connectivity index (χ4n) is 4.04. The molecule has 0 aliphatic heterocycles. The van der Waals surface area contributed by atoms with Gasteiger partial charge < -0.3 is 25.8 Å². The van der Waals surface area contributed by atoms with Crippen molar-refractivity contribution in [2.45, 2.75) is 33.7 Å². The highest BCUT2D eigenvalue weighted by molar-refractivity contribution is 6.39. The van der Waals surface area contributed by atoms with Crippen LogP contribution in [0.2, 0.25) is 15.1 Å². The minimum absolute atomic E-state index is 0.0194. The summed E-state index contributed by atoms with van der Waals surface area (Å²) in [6.45, 7) is 4.85. The second-order valence-corrected chi connectivity index (χ2v) is 11.9. The van der Waals surface area contributed by atoms with E-state index in [-0.39, 0.29) is 45.4 Å². The molecule has 0 saturated heterocycles. The number of aryl methyl sites for hydroxylation is 1. The summed E-state index contributed by atoms with van der Waals surface area (Å²) in [6, 6.07) is 9.95. The molecule has 0 atom stereocenters. The zero-order valence-corrected chi connectivity index (χ0v) is 25.8. The van der Waals surface area contributed by atoms with Crippen LogP contribution in [-0.4, -0.2) is 34.3 Å². The maximum atomic E-state index is 13.6. The molecule has 0 fully saturated rings. The van der Waals surface area contributed by atoms with E-state index in [1.807, 2.05) is 0 Å². The Hall–Kier alpha value is -3.67. The highest BCUT2D eigenvalue weighted by atomic mass is 35.5. The van der Waals surface area contributed by atoms with Crippen LogP contribution < -0.4 is 21.3 Å². The van der Waals surface area contributed by atoms with Gasteiger partial charge in [0.2, 0.25) is 11.9 Å². The molecule has 1 heterocycles. The number of amides is 2. The molecule has 43 heavy (non-hydrogen) atoms. The van der Waals surface area contributed by atoms with Crippen molar-refractivity contribution in [3.63, 3.8) is 0 Å². The first-order valence-corrected chi connectivity index (χ1v) is 14.1. The van der Waals surface area contributed by atoms with Crippen molar-refractivity contribution in [3.05, 3.63) is 74.5 Å². The summed E-state index contributed by atoms with van der Waals surface area (Å²) >= 11 is 19.0. The highest BCUT2D eigenvalue weighted by Gasteiger charge is 2.23. The van der Waals surface area contributed by atoms with Crippen LogP contribution in [0.1, 0.15) is 36.7 Å². The van der Waals surface area contributed by atoms with E-state index < -0.39 is 30.1 Å². The van der Waals surface area contributed by atoms with Gasteiger partial charge in [0, 0.05) is 30.4 Å². The summed E-state index contributed by atoms with van der Waals surface area (Å²) in [5.41, 5.74) is 1.58. The van der Waals surface area contributed by atoms with E-state index in [0.29, 0.717) is 27.3 Å². The van der Waals surface area contributed by atoms with Gasteiger partial charge in [-0.2, -0.15) is 0 Å². The molecule has 0 radical (unpaired) electrons. The number of nitrogens with one attached hydrogen (secondary N) is 4. The molecule has 8 nitrogen and oxygen atoms in total. The second-order valence-electron chi connectivity index (χ2n) is 10.7. The van der Waals surface area contributed by atoms with Gasteiger partial charge in [0.05, 0.1) is 43.9 Å². The van der Waals surface area contributed by atoms with Gasteiger partial charge in [-0.05, 0) is 42.0 Å². The lowest BCUT2D eigenvalue weighted by Crippen LogP contribution is -2.34. The summed E-state index contributed by atoms with van der Waals surface area (Å²) in [5, 5.41) is 11.5. The van der Waals surface area contributed by atoms with Crippen LogP contribution in [0.15, 0.2) is 42.5 Å². The van der Waals surface area contributed by atoms with Crippen LogP contribution in [-0.2, 0) is 18.4 Å². The first kappa shape index (κ1) is 32.2. The molecule has 14 heteroatoms. The summed E-state index contributed by atoms with van der Waals surface area (Å²) in [4.78, 5) is 30.1. The lowest BCUT2D eigenvalue weighted by atomic mass is 9.95. The largest absolute Gasteiger partial charge is 0.379 e. The monoisotopic (exact) mass is 654 g/mol. The number of alkyl halides is 2. The lowest BCUT2D eigenvalue weighted by molar-refractivity contribution is -0.128. The summed E-state index contributed by atoms with van der Waals surface area (Å²) in [6.07, 6.45) is -2.68. The molecule has 4 N–H and O–H groups in total. The van der Waals surface area contributed by atoms with Crippen LogP contribution in [0, 0.1) is 11.2 Å². The smallest absolute Gasteiger partial charge is 0.257 e. The molecule has 3 aromatic carbocycles. The molecular weight excluding hydrogens is 628 g/mol. The number of imidazole rings is 1. The average molecular weight is 656 g/mol. The Morgan fingerprint density at radius 1 is 1.02 bits per heavy atom. The van der Waals surface area contributed by atoms with Gasteiger partial charge in [-0.1, -0.05) is 61.6 Å². The molecule has 4 rings (SSSR count). The second kappa shape index (κ2) is 12.9. The van der Waals surface area contributed by atoms with Crippen LogP contribution in [0.25, 0.3) is 11.0 Å². The number of anilines is 4. The van der Waals surface area contributed by atoms with Crippen molar-refractivity contribution >= 4 is 80.7 Å². The third-order valence-corrected chi connectivity index (χ3v) is 7.45. The zero-order chi connectivity index (χ0) is 31.6. The Bertz CT molecular complexity index is 1710. The Morgan fingerprint density at radius 2 is 1.74 bits per heavy atom. The number of hydrogen-bond donors (Lipinski definition) is 4. The highest BCUT2D eigenvalue weighted by Crippen LogP contribution is 2.37. The topological polar surface area (TPSA) is 100 Å². The molecule has 1 aromatic heterocycles. The molecule has 0 spiro atoms. The number of hydrogen-bond acceptors (Lipinski definition) is 5. The predicted octanol–water partition coefficient (Wildman–Crippen LogP) is 8.01. The fraction of sp³-hybridized carbons (Fsp3) is 0.276. The Kier molecular flexibility index (Phi) is 9.68. The van der Waals surface area contributed by atoms with Crippen LogP contribution in [0.4, 0.5) is 36.2 Å². The minimum Gasteiger partial charge on any atom is -0.379 e. The van der Waals surface area contributed by atoms with Gasteiger partial charge in [0.15, 0.2) is 0 Å². The van der Waals surface area contributed by atoms with Crippen molar-refractivity contribution in [2.24, 2.45) is 12.5 Å². The van der Waals surface area contributed by atoms with E-state index in [0.717, 1.165) is 6.07 Å². The van der Waals surface area contributed by atoms with Crippen LogP contribution >= 0.6 is 34.8 Å². The summed E-state index contributed by atoms with van der Waals surface area (Å²) in [7, 11) is 1.68. The predicted molar refractivity (Wildman–Crippen MR) is 166 cm³/mol. The van der Waals surface area contributed by atoms with Crippen LogP contribution in [0.3, 0.4) is 0 Å². The Labute approximate surface area is 260 Å². The number of halogens is 6. The van der Waals surface area contributed by atoms with E-state index in [2.05, 4.69) is 26.3 Å². The zero-order valence-electron chi connectivity index (χ0n) is 23.5. The van der Waals surface area contributed by atoms with Crippen molar-refractivity contribution in [1.29, 1.82) is 0 Å². The molecule has 4 aromatic rings. The first-order chi connectivity index (χ1) is 20.1. The number of carbonyl (C=O) groups is 2. The number of aromatic nitrogens is 2. The minimum atomic E-state index is -2.68. The number of fused-ring (bicyclic) bond motifs is 1. The molecule has 0 bridgehead atoms. The van der Waals surface area contributed by atoms with Gasteiger partial charge in [-0.3, -0.25) is 9.59 Å².